The normalized spacial score (nSPS) is 29.7. The van der Waals surface area contributed by atoms with Crippen molar-refractivity contribution in [3.05, 3.63) is 11.9 Å². The van der Waals surface area contributed by atoms with Gasteiger partial charge in [-0.15, -0.1) is 0 Å². The van der Waals surface area contributed by atoms with Crippen LogP contribution in [-0.4, -0.2) is 41.0 Å². The summed E-state index contributed by atoms with van der Waals surface area (Å²) in [5.41, 5.74) is 6.06. The number of aryl methyl sites for hydroxylation is 1. The highest BCUT2D eigenvalue weighted by Crippen LogP contribution is 2.44. The molecule has 3 atom stereocenters. The summed E-state index contributed by atoms with van der Waals surface area (Å²) in [4.78, 5) is 12.0. The molecular formula is C13H20N4O3S. The SMILES string of the molecule is Cc1c(S(=O)(=O)N2C[C@@H]3CCC[C@@H]3[C@H]2C(N)=O)cnn1C. The van der Waals surface area contributed by atoms with E-state index in [0.717, 1.165) is 19.3 Å². The van der Waals surface area contributed by atoms with Gasteiger partial charge >= 0.3 is 0 Å². The molecular weight excluding hydrogens is 292 g/mol. The smallest absolute Gasteiger partial charge is 0.247 e. The predicted molar refractivity (Wildman–Crippen MR) is 75.7 cm³/mol. The van der Waals surface area contributed by atoms with Crippen LogP contribution in [0.1, 0.15) is 25.0 Å². The minimum Gasteiger partial charge on any atom is -0.368 e. The van der Waals surface area contributed by atoms with Gasteiger partial charge in [0.25, 0.3) is 0 Å². The number of fused-ring (bicyclic) bond motifs is 1. The lowest BCUT2D eigenvalue weighted by Gasteiger charge is -2.24. The first-order valence-corrected chi connectivity index (χ1v) is 8.58. The fraction of sp³-hybridized carbons (Fsp3) is 0.692. The Labute approximate surface area is 124 Å². The van der Waals surface area contributed by atoms with Gasteiger partial charge < -0.3 is 5.73 Å². The maximum atomic E-state index is 12.9. The third-order valence-electron chi connectivity index (χ3n) is 4.92. The Balaban J connectivity index is 2.02. The monoisotopic (exact) mass is 312 g/mol. The average molecular weight is 312 g/mol. The van der Waals surface area contributed by atoms with Gasteiger partial charge in [0.15, 0.2) is 0 Å². The largest absolute Gasteiger partial charge is 0.368 e. The molecule has 1 aromatic heterocycles. The van der Waals surface area contributed by atoms with Crippen LogP contribution in [0, 0.1) is 18.8 Å². The number of aromatic nitrogens is 2. The van der Waals surface area contributed by atoms with Crippen molar-refractivity contribution < 1.29 is 13.2 Å². The van der Waals surface area contributed by atoms with E-state index in [1.807, 2.05) is 0 Å². The Morgan fingerprint density at radius 3 is 2.71 bits per heavy atom. The van der Waals surface area contributed by atoms with Gasteiger partial charge in [-0.2, -0.15) is 9.40 Å². The maximum Gasteiger partial charge on any atom is 0.247 e. The third-order valence-corrected chi connectivity index (χ3v) is 6.87. The number of hydrogen-bond acceptors (Lipinski definition) is 4. The number of amides is 1. The molecule has 116 valence electrons. The fourth-order valence-electron chi connectivity index (χ4n) is 3.72. The molecule has 1 aliphatic carbocycles. The Morgan fingerprint density at radius 1 is 1.43 bits per heavy atom. The van der Waals surface area contributed by atoms with Crippen molar-refractivity contribution in [1.29, 1.82) is 0 Å². The quantitative estimate of drug-likeness (QED) is 0.849. The van der Waals surface area contributed by atoms with Crippen LogP contribution in [0.15, 0.2) is 11.1 Å². The van der Waals surface area contributed by atoms with E-state index in [-0.39, 0.29) is 16.7 Å². The Kier molecular flexibility index (Phi) is 3.32. The number of rotatable bonds is 3. The molecule has 2 N–H and O–H groups in total. The number of nitrogens with zero attached hydrogens (tertiary/aromatic N) is 3. The van der Waals surface area contributed by atoms with Crippen molar-refractivity contribution in [2.75, 3.05) is 6.54 Å². The zero-order valence-corrected chi connectivity index (χ0v) is 13.0. The Morgan fingerprint density at radius 2 is 2.14 bits per heavy atom. The molecule has 1 aromatic rings. The second-order valence-corrected chi connectivity index (χ2v) is 7.85. The van der Waals surface area contributed by atoms with E-state index in [9.17, 15) is 13.2 Å². The molecule has 1 amide bonds. The summed E-state index contributed by atoms with van der Waals surface area (Å²) in [6.45, 7) is 2.09. The summed E-state index contributed by atoms with van der Waals surface area (Å²) in [6, 6.07) is -0.720. The lowest BCUT2D eigenvalue weighted by Crippen LogP contribution is -2.46. The number of nitrogens with two attached hydrogens (primary N) is 1. The molecule has 21 heavy (non-hydrogen) atoms. The van der Waals surface area contributed by atoms with Crippen molar-refractivity contribution >= 4 is 15.9 Å². The second-order valence-electron chi connectivity index (χ2n) is 5.99. The minimum atomic E-state index is -3.74. The summed E-state index contributed by atoms with van der Waals surface area (Å²) in [7, 11) is -2.04. The van der Waals surface area contributed by atoms with Crippen LogP contribution in [0.5, 0.6) is 0 Å². The van der Waals surface area contributed by atoms with Crippen molar-refractivity contribution in [3.63, 3.8) is 0 Å². The fourth-order valence-corrected chi connectivity index (χ4v) is 5.61. The van der Waals surface area contributed by atoms with Crippen LogP contribution in [-0.2, 0) is 21.9 Å². The molecule has 0 spiro atoms. The lowest BCUT2D eigenvalue weighted by atomic mass is 9.94. The van der Waals surface area contributed by atoms with Gasteiger partial charge in [-0.1, -0.05) is 6.42 Å². The Hall–Kier alpha value is -1.41. The molecule has 3 rings (SSSR count). The van der Waals surface area contributed by atoms with E-state index in [1.165, 1.54) is 15.2 Å². The van der Waals surface area contributed by atoms with Crippen LogP contribution < -0.4 is 5.73 Å². The van der Waals surface area contributed by atoms with Gasteiger partial charge in [0.1, 0.15) is 10.9 Å². The van der Waals surface area contributed by atoms with E-state index < -0.39 is 22.0 Å². The minimum absolute atomic E-state index is 0.0641. The topological polar surface area (TPSA) is 98.3 Å². The van der Waals surface area contributed by atoms with Crippen molar-refractivity contribution in [3.8, 4) is 0 Å². The molecule has 0 radical (unpaired) electrons. The van der Waals surface area contributed by atoms with Crippen molar-refractivity contribution in [2.45, 2.75) is 37.1 Å². The molecule has 0 aromatic carbocycles. The van der Waals surface area contributed by atoms with Crippen LogP contribution in [0.4, 0.5) is 0 Å². The predicted octanol–water partition coefficient (Wildman–Crippen LogP) is 0.00302. The highest BCUT2D eigenvalue weighted by atomic mass is 32.2. The maximum absolute atomic E-state index is 12.9. The molecule has 2 aliphatic rings. The van der Waals surface area contributed by atoms with Gasteiger partial charge in [0, 0.05) is 13.6 Å². The molecule has 2 heterocycles. The Bertz CT molecular complexity index is 682. The molecule has 2 fully saturated rings. The second kappa shape index (κ2) is 4.81. The summed E-state index contributed by atoms with van der Waals surface area (Å²) in [5, 5.41) is 3.99. The zero-order chi connectivity index (χ0) is 15.4. The van der Waals surface area contributed by atoms with Crippen molar-refractivity contribution in [2.24, 2.45) is 24.6 Å². The molecule has 0 bridgehead atoms. The molecule has 1 saturated heterocycles. The van der Waals surface area contributed by atoms with E-state index >= 15 is 0 Å². The highest BCUT2D eigenvalue weighted by Gasteiger charge is 2.51. The van der Waals surface area contributed by atoms with Gasteiger partial charge in [0.05, 0.1) is 11.9 Å². The van der Waals surface area contributed by atoms with Gasteiger partial charge in [-0.3, -0.25) is 9.48 Å². The summed E-state index contributed by atoms with van der Waals surface area (Å²) < 4.78 is 28.6. The summed E-state index contributed by atoms with van der Waals surface area (Å²) in [5.74, 6) is -0.238. The van der Waals surface area contributed by atoms with Crippen LogP contribution >= 0.6 is 0 Å². The number of carbonyl (C=O) groups is 1. The van der Waals surface area contributed by atoms with E-state index in [0.29, 0.717) is 12.2 Å². The van der Waals surface area contributed by atoms with Crippen LogP contribution in [0.25, 0.3) is 0 Å². The lowest BCUT2D eigenvalue weighted by molar-refractivity contribution is -0.122. The third kappa shape index (κ3) is 2.08. The summed E-state index contributed by atoms with van der Waals surface area (Å²) in [6.07, 6.45) is 4.22. The zero-order valence-electron chi connectivity index (χ0n) is 12.2. The first-order chi connectivity index (χ1) is 9.84. The van der Waals surface area contributed by atoms with E-state index in [1.54, 1.807) is 14.0 Å². The number of carbonyl (C=O) groups excluding carboxylic acids is 1. The first kappa shape index (κ1) is 14.5. The average Bonchev–Trinajstić information content (AvgIpc) is 3.04. The molecule has 1 saturated carbocycles. The van der Waals surface area contributed by atoms with Crippen LogP contribution in [0.3, 0.4) is 0 Å². The molecule has 7 nitrogen and oxygen atoms in total. The van der Waals surface area contributed by atoms with Gasteiger partial charge in [-0.25, -0.2) is 8.42 Å². The van der Waals surface area contributed by atoms with Crippen LogP contribution in [0.2, 0.25) is 0 Å². The molecule has 1 aliphatic heterocycles. The van der Waals surface area contributed by atoms with E-state index in [2.05, 4.69) is 5.10 Å². The number of sulfonamides is 1. The number of primary amides is 1. The van der Waals surface area contributed by atoms with E-state index in [4.69, 9.17) is 5.73 Å². The standard InChI is InChI=1S/C13H20N4O3S/c1-8-11(6-15-16(8)2)21(19,20)17-7-9-4-3-5-10(9)12(17)13(14)18/h6,9-10,12H,3-5,7H2,1-2H3,(H2,14,18)/t9-,10-,12-/m0/s1. The van der Waals surface area contributed by atoms with Crippen molar-refractivity contribution in [1.82, 2.24) is 14.1 Å². The highest BCUT2D eigenvalue weighted by molar-refractivity contribution is 7.89. The van der Waals surface area contributed by atoms with Gasteiger partial charge in [-0.05, 0) is 31.6 Å². The van der Waals surface area contributed by atoms with Gasteiger partial charge in [0.2, 0.25) is 15.9 Å². The molecule has 0 unspecified atom stereocenters. The first-order valence-electron chi connectivity index (χ1n) is 7.14. The number of hydrogen-bond donors (Lipinski definition) is 1. The summed E-state index contributed by atoms with van der Waals surface area (Å²) >= 11 is 0. The molecule has 8 heteroatoms.